The third kappa shape index (κ3) is 1.71. The molecular formula is C13H16N2O3. The first-order valence-corrected chi connectivity index (χ1v) is 6.15. The lowest BCUT2D eigenvalue weighted by Gasteiger charge is -2.29. The van der Waals surface area contributed by atoms with Gasteiger partial charge in [0, 0.05) is 6.54 Å². The van der Waals surface area contributed by atoms with Crippen molar-refractivity contribution in [3.63, 3.8) is 0 Å². The average molecular weight is 248 g/mol. The highest BCUT2D eigenvalue weighted by molar-refractivity contribution is 5.92. The molecule has 2 atom stereocenters. The molecule has 0 aromatic heterocycles. The van der Waals surface area contributed by atoms with Crippen LogP contribution in [0.15, 0.2) is 24.3 Å². The third-order valence-corrected chi connectivity index (χ3v) is 3.51. The van der Waals surface area contributed by atoms with Crippen molar-refractivity contribution < 1.29 is 14.3 Å². The summed E-state index contributed by atoms with van der Waals surface area (Å²) in [7, 11) is 1.61. The van der Waals surface area contributed by atoms with Crippen molar-refractivity contribution in [1.82, 2.24) is 5.32 Å². The summed E-state index contributed by atoms with van der Waals surface area (Å²) in [6.07, 6.45) is 0.573. The first kappa shape index (κ1) is 11.3. The second-order valence-electron chi connectivity index (χ2n) is 4.52. The van der Waals surface area contributed by atoms with Crippen LogP contribution in [0, 0.1) is 0 Å². The number of nitrogens with zero attached hydrogens (tertiary/aromatic N) is 1. The molecular weight excluding hydrogens is 232 g/mol. The summed E-state index contributed by atoms with van der Waals surface area (Å²) >= 11 is 0. The third-order valence-electron chi connectivity index (χ3n) is 3.51. The number of anilines is 1. The predicted molar refractivity (Wildman–Crippen MR) is 67.0 cm³/mol. The number of carbonyl (C=O) groups is 1. The van der Waals surface area contributed by atoms with E-state index in [1.165, 1.54) is 0 Å². The summed E-state index contributed by atoms with van der Waals surface area (Å²) in [6, 6.07) is 7.58. The average Bonchev–Trinajstić information content (AvgIpc) is 2.74. The summed E-state index contributed by atoms with van der Waals surface area (Å²) in [6.45, 7) is 1.66. The van der Waals surface area contributed by atoms with E-state index in [4.69, 9.17) is 9.47 Å². The number of carbonyl (C=O) groups excluding carboxylic acids is 1. The Balaban J connectivity index is 1.97. The molecule has 3 rings (SSSR count). The van der Waals surface area contributed by atoms with Gasteiger partial charge in [0.05, 0.1) is 18.8 Å². The highest BCUT2D eigenvalue weighted by atomic mass is 16.6. The largest absolute Gasteiger partial charge is 0.495 e. The van der Waals surface area contributed by atoms with Crippen LogP contribution in [-0.4, -0.2) is 38.4 Å². The molecule has 0 spiro atoms. The fourth-order valence-corrected chi connectivity index (χ4v) is 2.64. The van der Waals surface area contributed by atoms with Crippen LogP contribution in [-0.2, 0) is 4.74 Å². The van der Waals surface area contributed by atoms with Gasteiger partial charge in [0.25, 0.3) is 0 Å². The quantitative estimate of drug-likeness (QED) is 0.859. The van der Waals surface area contributed by atoms with E-state index in [0.717, 1.165) is 25.2 Å². The maximum Gasteiger partial charge on any atom is 0.415 e. The second kappa shape index (κ2) is 4.49. The maximum absolute atomic E-state index is 12.0. The predicted octanol–water partition coefficient (Wildman–Crippen LogP) is 1.38. The highest BCUT2D eigenvalue weighted by Crippen LogP contribution is 2.35. The van der Waals surface area contributed by atoms with Crippen LogP contribution in [0.3, 0.4) is 0 Å². The van der Waals surface area contributed by atoms with E-state index in [9.17, 15) is 4.79 Å². The van der Waals surface area contributed by atoms with Crippen LogP contribution in [0.5, 0.6) is 5.75 Å². The van der Waals surface area contributed by atoms with Crippen molar-refractivity contribution in [1.29, 1.82) is 0 Å². The Morgan fingerprint density at radius 2 is 2.28 bits per heavy atom. The van der Waals surface area contributed by atoms with Gasteiger partial charge >= 0.3 is 6.09 Å². The smallest absolute Gasteiger partial charge is 0.415 e. The van der Waals surface area contributed by atoms with Gasteiger partial charge in [-0.15, -0.1) is 0 Å². The normalized spacial score (nSPS) is 26.7. The van der Waals surface area contributed by atoms with Crippen LogP contribution >= 0.6 is 0 Å². The van der Waals surface area contributed by atoms with Gasteiger partial charge in [-0.05, 0) is 25.1 Å². The van der Waals surface area contributed by atoms with Gasteiger partial charge < -0.3 is 14.8 Å². The molecule has 1 aromatic carbocycles. The van der Waals surface area contributed by atoms with E-state index in [0.29, 0.717) is 5.75 Å². The first-order valence-electron chi connectivity index (χ1n) is 6.15. The molecule has 0 aliphatic carbocycles. The van der Waals surface area contributed by atoms with Crippen LogP contribution in [0.25, 0.3) is 0 Å². The van der Waals surface area contributed by atoms with Crippen LogP contribution < -0.4 is 15.0 Å². The van der Waals surface area contributed by atoms with Crippen LogP contribution in [0.2, 0.25) is 0 Å². The van der Waals surface area contributed by atoms with E-state index in [1.54, 1.807) is 12.0 Å². The van der Waals surface area contributed by atoms with E-state index in [-0.39, 0.29) is 18.2 Å². The lowest BCUT2D eigenvalue weighted by atomic mass is 10.0. The molecule has 2 fully saturated rings. The van der Waals surface area contributed by atoms with E-state index >= 15 is 0 Å². The molecule has 1 N–H and O–H groups in total. The van der Waals surface area contributed by atoms with Crippen LogP contribution in [0.4, 0.5) is 10.5 Å². The lowest BCUT2D eigenvalue weighted by molar-refractivity contribution is 0.117. The monoisotopic (exact) mass is 248 g/mol. The van der Waals surface area contributed by atoms with Crippen molar-refractivity contribution in [3.05, 3.63) is 24.3 Å². The highest BCUT2D eigenvalue weighted by Gasteiger charge is 2.44. The minimum Gasteiger partial charge on any atom is -0.495 e. The van der Waals surface area contributed by atoms with Crippen molar-refractivity contribution in [2.45, 2.75) is 18.6 Å². The van der Waals surface area contributed by atoms with Crippen LogP contribution in [0.1, 0.15) is 6.42 Å². The Labute approximate surface area is 106 Å². The Hall–Kier alpha value is -1.75. The van der Waals surface area contributed by atoms with E-state index < -0.39 is 0 Å². The summed E-state index contributed by atoms with van der Waals surface area (Å²) in [5, 5.41) is 3.30. The van der Waals surface area contributed by atoms with Crippen molar-refractivity contribution >= 4 is 11.8 Å². The Kier molecular flexibility index (Phi) is 2.83. The van der Waals surface area contributed by atoms with Crippen molar-refractivity contribution in [3.8, 4) is 5.75 Å². The summed E-state index contributed by atoms with van der Waals surface area (Å²) in [5.41, 5.74) is 0.779. The molecule has 0 bridgehead atoms. The number of benzene rings is 1. The molecule has 18 heavy (non-hydrogen) atoms. The van der Waals surface area contributed by atoms with Gasteiger partial charge in [0.15, 0.2) is 0 Å². The first-order chi connectivity index (χ1) is 8.81. The number of amides is 1. The van der Waals surface area contributed by atoms with Gasteiger partial charge in [-0.1, -0.05) is 12.1 Å². The standard InChI is InChI=1S/C13H16N2O3/c1-17-11-5-3-2-4-9(11)15-10-8-14-7-6-12(10)18-13(15)16/h2-5,10,12,14H,6-8H2,1H3. The van der Waals surface area contributed by atoms with Gasteiger partial charge in [-0.2, -0.15) is 0 Å². The number of hydrogen-bond acceptors (Lipinski definition) is 4. The fourth-order valence-electron chi connectivity index (χ4n) is 2.64. The number of para-hydroxylation sites is 2. The van der Waals surface area contributed by atoms with Gasteiger partial charge in [-0.25, -0.2) is 4.79 Å². The number of hydrogen-bond donors (Lipinski definition) is 1. The molecule has 2 aliphatic heterocycles. The van der Waals surface area contributed by atoms with Gasteiger partial charge in [0.2, 0.25) is 0 Å². The topological polar surface area (TPSA) is 50.8 Å². The van der Waals surface area contributed by atoms with E-state index in [1.807, 2.05) is 24.3 Å². The number of piperidine rings is 1. The van der Waals surface area contributed by atoms with Crippen molar-refractivity contribution in [2.24, 2.45) is 0 Å². The minimum atomic E-state index is -0.279. The minimum absolute atomic E-state index is 0.0105. The molecule has 2 unspecified atom stereocenters. The van der Waals surface area contributed by atoms with Gasteiger partial charge in [0.1, 0.15) is 11.9 Å². The molecule has 5 nitrogen and oxygen atoms in total. The molecule has 2 saturated heterocycles. The fraction of sp³-hybridized carbons (Fsp3) is 0.462. The molecule has 2 aliphatic rings. The summed E-state index contributed by atoms with van der Waals surface area (Å²) < 4.78 is 10.7. The van der Waals surface area contributed by atoms with E-state index in [2.05, 4.69) is 5.32 Å². The molecule has 0 radical (unpaired) electrons. The summed E-state index contributed by atoms with van der Waals surface area (Å²) in [4.78, 5) is 13.7. The zero-order valence-corrected chi connectivity index (χ0v) is 10.3. The molecule has 1 amide bonds. The Morgan fingerprint density at radius 3 is 3.11 bits per heavy atom. The number of ether oxygens (including phenoxy) is 2. The number of rotatable bonds is 2. The molecule has 96 valence electrons. The molecule has 1 aromatic rings. The number of fused-ring (bicyclic) bond motifs is 1. The van der Waals surface area contributed by atoms with Crippen molar-refractivity contribution in [2.75, 3.05) is 25.1 Å². The summed E-state index contributed by atoms with van der Waals surface area (Å²) in [5.74, 6) is 0.695. The second-order valence-corrected chi connectivity index (χ2v) is 4.52. The molecule has 5 heteroatoms. The molecule has 0 saturated carbocycles. The zero-order chi connectivity index (χ0) is 12.5. The zero-order valence-electron chi connectivity index (χ0n) is 10.3. The van der Waals surface area contributed by atoms with Gasteiger partial charge in [-0.3, -0.25) is 4.90 Å². The molecule has 2 heterocycles. The SMILES string of the molecule is COc1ccccc1N1C(=O)OC2CCNCC21. The lowest BCUT2D eigenvalue weighted by Crippen LogP contribution is -2.49. The Bertz CT molecular complexity index is 463. The maximum atomic E-state index is 12.0. The number of methoxy groups -OCH3 is 1. The number of nitrogens with one attached hydrogen (secondary N) is 1. The Morgan fingerprint density at radius 1 is 1.44 bits per heavy atom.